The van der Waals surface area contributed by atoms with Crippen LogP contribution in [0.15, 0.2) is 35.4 Å². The molecule has 3 rings (SSSR count). The lowest BCUT2D eigenvalue weighted by Crippen LogP contribution is -2.52. The molecule has 1 aromatic carbocycles. The number of rotatable bonds is 4. The van der Waals surface area contributed by atoms with Crippen molar-refractivity contribution in [1.82, 2.24) is 14.8 Å². The summed E-state index contributed by atoms with van der Waals surface area (Å²) in [4.78, 5) is 28.0. The number of nitrogens with zero attached hydrogens (tertiary/aromatic N) is 4. The van der Waals surface area contributed by atoms with Gasteiger partial charge in [-0.15, -0.1) is 0 Å². The van der Waals surface area contributed by atoms with Crippen molar-refractivity contribution in [3.8, 4) is 0 Å². The molecule has 0 radical (unpaired) electrons. The molecule has 1 saturated heterocycles. The smallest absolute Gasteiger partial charge is 0.270 e. The zero-order valence-electron chi connectivity index (χ0n) is 14.5. The maximum absolute atomic E-state index is 12.5. The second-order valence-corrected chi connectivity index (χ2v) is 6.48. The van der Waals surface area contributed by atoms with Crippen LogP contribution < -0.4 is 0 Å². The number of hydrazone groups is 1. The molecule has 2 aliphatic rings. The summed E-state index contributed by atoms with van der Waals surface area (Å²) < 4.78 is 0. The minimum atomic E-state index is -0.522. The molecule has 25 heavy (non-hydrogen) atoms. The van der Waals surface area contributed by atoms with Crippen LogP contribution in [0.3, 0.4) is 0 Å². The summed E-state index contributed by atoms with van der Waals surface area (Å²) in [6.07, 6.45) is 0.227. The van der Waals surface area contributed by atoms with E-state index >= 15 is 0 Å². The maximum Gasteiger partial charge on any atom is 0.270 e. The van der Waals surface area contributed by atoms with Crippen LogP contribution in [0.25, 0.3) is 0 Å². The summed E-state index contributed by atoms with van der Waals surface area (Å²) in [6, 6.07) is 9.61. The number of benzene rings is 1. The molecule has 134 valence electrons. The van der Waals surface area contributed by atoms with Gasteiger partial charge in [0.2, 0.25) is 5.91 Å². The number of β-amino-alcohol motifs (C(OH)–C–C–N with tert-alkyl or cyclic N) is 1. The predicted octanol–water partition coefficient (Wildman–Crippen LogP) is 0.472. The second kappa shape index (κ2) is 7.76. The summed E-state index contributed by atoms with van der Waals surface area (Å²) >= 11 is 0. The maximum atomic E-state index is 12.5. The third kappa shape index (κ3) is 4.24. The molecular formula is C18H24N4O3. The van der Waals surface area contributed by atoms with E-state index in [1.165, 1.54) is 5.01 Å². The number of piperazine rings is 1. The number of amides is 2. The molecule has 2 amide bonds. The van der Waals surface area contributed by atoms with Gasteiger partial charge in [-0.2, -0.15) is 5.10 Å². The number of carbonyl (C=O) groups excluding carboxylic acids is 2. The lowest BCUT2D eigenvalue weighted by molar-refractivity contribution is -0.131. The average molecular weight is 344 g/mol. The molecule has 0 aliphatic carbocycles. The van der Waals surface area contributed by atoms with E-state index in [1.54, 1.807) is 11.9 Å². The van der Waals surface area contributed by atoms with Gasteiger partial charge < -0.3 is 10.0 Å². The first-order valence-corrected chi connectivity index (χ1v) is 8.63. The van der Waals surface area contributed by atoms with Crippen molar-refractivity contribution in [2.24, 2.45) is 5.10 Å². The lowest BCUT2D eigenvalue weighted by Gasteiger charge is -2.36. The Morgan fingerprint density at radius 3 is 2.48 bits per heavy atom. The molecule has 0 aromatic heterocycles. The summed E-state index contributed by atoms with van der Waals surface area (Å²) in [7, 11) is 1.58. The summed E-state index contributed by atoms with van der Waals surface area (Å²) in [6.45, 7) is 3.22. The van der Waals surface area contributed by atoms with Gasteiger partial charge in [-0.05, 0) is 5.56 Å². The average Bonchev–Trinajstić information content (AvgIpc) is 2.65. The van der Waals surface area contributed by atoms with Crippen LogP contribution in [0, 0.1) is 0 Å². The number of hydrogen-bond acceptors (Lipinski definition) is 5. The minimum absolute atomic E-state index is 0.0590. The molecule has 1 aromatic rings. The van der Waals surface area contributed by atoms with Crippen molar-refractivity contribution in [2.75, 3.05) is 39.8 Å². The van der Waals surface area contributed by atoms with Crippen molar-refractivity contribution in [2.45, 2.75) is 18.9 Å². The highest BCUT2D eigenvalue weighted by atomic mass is 16.3. The van der Waals surface area contributed by atoms with Gasteiger partial charge in [-0.3, -0.25) is 14.5 Å². The third-order valence-electron chi connectivity index (χ3n) is 4.73. The highest BCUT2D eigenvalue weighted by Crippen LogP contribution is 2.16. The Morgan fingerprint density at radius 1 is 1.16 bits per heavy atom. The quantitative estimate of drug-likeness (QED) is 0.862. The van der Waals surface area contributed by atoms with Crippen molar-refractivity contribution in [3.63, 3.8) is 0 Å². The van der Waals surface area contributed by atoms with Gasteiger partial charge in [-0.25, -0.2) is 5.01 Å². The summed E-state index contributed by atoms with van der Waals surface area (Å²) in [5, 5.41) is 15.7. The second-order valence-electron chi connectivity index (χ2n) is 6.48. The first-order chi connectivity index (χ1) is 12.0. The molecule has 7 heteroatoms. The number of aliphatic hydroxyl groups is 1. The van der Waals surface area contributed by atoms with Gasteiger partial charge in [0.1, 0.15) is 5.71 Å². The summed E-state index contributed by atoms with van der Waals surface area (Å²) in [5.41, 5.74) is 1.37. The van der Waals surface area contributed by atoms with E-state index in [2.05, 4.69) is 10.0 Å². The fourth-order valence-corrected chi connectivity index (χ4v) is 3.16. The number of aliphatic hydroxyl groups excluding tert-OH is 1. The Labute approximate surface area is 147 Å². The molecule has 1 unspecified atom stereocenters. The van der Waals surface area contributed by atoms with E-state index in [1.807, 2.05) is 30.3 Å². The van der Waals surface area contributed by atoms with Crippen LogP contribution in [-0.2, 0) is 9.59 Å². The molecule has 1 N–H and O–H groups in total. The van der Waals surface area contributed by atoms with E-state index in [-0.39, 0.29) is 11.8 Å². The standard InChI is InChI=1S/C18H24N4O3/c1-20-17(24)8-7-15(19-20)18(25)22-11-9-21(10-12-22)13-16(23)14-5-3-2-4-6-14/h2-6,16,23H,7-13H2,1H3. The SMILES string of the molecule is CN1N=C(C(=O)N2CCN(CC(O)c3ccccc3)CC2)CCC1=O. The van der Waals surface area contributed by atoms with Gasteiger partial charge in [0.05, 0.1) is 6.10 Å². The monoisotopic (exact) mass is 344 g/mol. The van der Waals surface area contributed by atoms with E-state index in [0.29, 0.717) is 38.2 Å². The van der Waals surface area contributed by atoms with Gasteiger partial charge in [0, 0.05) is 52.6 Å². The molecule has 2 heterocycles. The molecule has 0 saturated carbocycles. The molecule has 0 bridgehead atoms. The molecule has 0 spiro atoms. The Balaban J connectivity index is 1.51. The lowest BCUT2D eigenvalue weighted by atomic mass is 10.1. The van der Waals surface area contributed by atoms with E-state index in [0.717, 1.165) is 18.7 Å². The fourth-order valence-electron chi connectivity index (χ4n) is 3.16. The van der Waals surface area contributed by atoms with Crippen LogP contribution >= 0.6 is 0 Å². The van der Waals surface area contributed by atoms with Gasteiger partial charge in [-0.1, -0.05) is 30.3 Å². The molecule has 1 fully saturated rings. The van der Waals surface area contributed by atoms with Gasteiger partial charge in [0.15, 0.2) is 0 Å². The zero-order chi connectivity index (χ0) is 17.8. The minimum Gasteiger partial charge on any atom is -0.387 e. The number of hydrogen-bond donors (Lipinski definition) is 1. The van der Waals surface area contributed by atoms with E-state index < -0.39 is 6.10 Å². The third-order valence-corrected chi connectivity index (χ3v) is 4.73. The van der Waals surface area contributed by atoms with Crippen molar-refractivity contribution in [3.05, 3.63) is 35.9 Å². The fraction of sp³-hybridized carbons (Fsp3) is 0.500. The predicted molar refractivity (Wildman–Crippen MR) is 93.9 cm³/mol. The highest BCUT2D eigenvalue weighted by Gasteiger charge is 2.28. The molecule has 2 aliphatic heterocycles. The Hall–Kier alpha value is -2.25. The Bertz CT molecular complexity index is 654. The Kier molecular flexibility index (Phi) is 5.45. The topological polar surface area (TPSA) is 76.5 Å². The van der Waals surface area contributed by atoms with Crippen LogP contribution in [-0.4, -0.2) is 77.2 Å². The van der Waals surface area contributed by atoms with Crippen molar-refractivity contribution in [1.29, 1.82) is 0 Å². The van der Waals surface area contributed by atoms with Crippen LogP contribution in [0.4, 0.5) is 0 Å². The largest absolute Gasteiger partial charge is 0.387 e. The highest BCUT2D eigenvalue weighted by molar-refractivity contribution is 6.39. The van der Waals surface area contributed by atoms with Crippen LogP contribution in [0.1, 0.15) is 24.5 Å². The van der Waals surface area contributed by atoms with Gasteiger partial charge in [0.25, 0.3) is 5.91 Å². The van der Waals surface area contributed by atoms with Gasteiger partial charge >= 0.3 is 0 Å². The first-order valence-electron chi connectivity index (χ1n) is 8.63. The van der Waals surface area contributed by atoms with E-state index in [9.17, 15) is 14.7 Å². The van der Waals surface area contributed by atoms with Crippen molar-refractivity contribution < 1.29 is 14.7 Å². The van der Waals surface area contributed by atoms with Crippen LogP contribution in [0.5, 0.6) is 0 Å². The number of carbonyl (C=O) groups is 2. The first kappa shape index (κ1) is 17.6. The normalized spacial score (nSPS) is 20.4. The molecule has 7 nitrogen and oxygen atoms in total. The molecule has 1 atom stereocenters. The van der Waals surface area contributed by atoms with Crippen LogP contribution in [0.2, 0.25) is 0 Å². The summed E-state index contributed by atoms with van der Waals surface area (Å²) in [5.74, 6) is -0.140. The Morgan fingerprint density at radius 2 is 1.84 bits per heavy atom. The molecular weight excluding hydrogens is 320 g/mol. The van der Waals surface area contributed by atoms with Crippen molar-refractivity contribution >= 4 is 17.5 Å². The zero-order valence-corrected chi connectivity index (χ0v) is 14.5. The van der Waals surface area contributed by atoms with E-state index in [4.69, 9.17) is 0 Å².